The molecule has 0 spiro atoms. The maximum absolute atomic E-state index is 12.2. The Hall–Kier alpha value is -0.290. The molecule has 0 saturated carbocycles. The van der Waals surface area contributed by atoms with Crippen molar-refractivity contribution in [2.45, 2.75) is 25.1 Å². The Bertz CT molecular complexity index is 161. The van der Waals surface area contributed by atoms with Crippen LogP contribution in [0, 0.1) is 5.92 Å². The summed E-state index contributed by atoms with van der Waals surface area (Å²) in [5.74, 6) is -0.392. The lowest BCUT2D eigenvalue weighted by Crippen LogP contribution is -2.47. The molecule has 1 rings (SSSR count). The van der Waals surface area contributed by atoms with E-state index in [0.717, 1.165) is 0 Å². The number of alkyl halides is 3. The van der Waals surface area contributed by atoms with Gasteiger partial charge in [0.05, 0.1) is 0 Å². The van der Waals surface area contributed by atoms with Crippen molar-refractivity contribution in [3.8, 4) is 0 Å². The lowest BCUT2D eigenvalue weighted by Gasteiger charge is -2.33. The van der Waals surface area contributed by atoms with Crippen molar-refractivity contribution in [1.29, 1.82) is 0 Å². The van der Waals surface area contributed by atoms with Crippen LogP contribution >= 0.6 is 0 Å². The highest BCUT2D eigenvalue weighted by Crippen LogP contribution is 2.29. The molecule has 1 fully saturated rings. The molecule has 0 amide bonds. The highest BCUT2D eigenvalue weighted by molar-refractivity contribution is 4.83. The van der Waals surface area contributed by atoms with Crippen molar-refractivity contribution in [2.24, 2.45) is 11.7 Å². The molecule has 1 aliphatic heterocycles. The molecule has 1 saturated heterocycles. The second kappa shape index (κ2) is 3.84. The van der Waals surface area contributed by atoms with Gasteiger partial charge in [-0.05, 0) is 38.9 Å². The normalized spacial score (nSPS) is 24.7. The molecule has 13 heavy (non-hydrogen) atoms. The molecule has 2 nitrogen and oxygen atoms in total. The molecule has 78 valence electrons. The largest absolute Gasteiger partial charge is 0.403 e. The summed E-state index contributed by atoms with van der Waals surface area (Å²) in [4.78, 5) is 2.03. The van der Waals surface area contributed by atoms with Gasteiger partial charge in [-0.3, -0.25) is 0 Å². The lowest BCUT2D eigenvalue weighted by atomic mass is 9.90. The van der Waals surface area contributed by atoms with Gasteiger partial charge >= 0.3 is 6.18 Å². The van der Waals surface area contributed by atoms with Crippen molar-refractivity contribution in [1.82, 2.24) is 4.90 Å². The number of hydrogen-bond acceptors (Lipinski definition) is 2. The van der Waals surface area contributed by atoms with Gasteiger partial charge in [0.1, 0.15) is 6.04 Å². The smallest absolute Gasteiger partial charge is 0.320 e. The van der Waals surface area contributed by atoms with E-state index in [4.69, 9.17) is 5.73 Å². The molecule has 0 bridgehead atoms. The SMILES string of the molecule is CN1CCC(C(N)C(F)(F)F)CC1. The fraction of sp³-hybridized carbons (Fsp3) is 1.00. The van der Waals surface area contributed by atoms with Crippen molar-refractivity contribution >= 4 is 0 Å². The van der Waals surface area contributed by atoms with Crippen LogP contribution in [0.15, 0.2) is 0 Å². The summed E-state index contributed by atoms with van der Waals surface area (Å²) in [7, 11) is 1.91. The Morgan fingerprint density at radius 1 is 1.31 bits per heavy atom. The van der Waals surface area contributed by atoms with Crippen LogP contribution in [0.5, 0.6) is 0 Å². The number of nitrogens with two attached hydrogens (primary N) is 1. The maximum atomic E-state index is 12.2. The third kappa shape index (κ3) is 2.84. The maximum Gasteiger partial charge on any atom is 0.403 e. The van der Waals surface area contributed by atoms with E-state index < -0.39 is 18.1 Å². The highest BCUT2D eigenvalue weighted by Gasteiger charge is 2.42. The lowest BCUT2D eigenvalue weighted by molar-refractivity contribution is -0.162. The van der Waals surface area contributed by atoms with E-state index in [1.807, 2.05) is 11.9 Å². The van der Waals surface area contributed by atoms with E-state index in [1.54, 1.807) is 0 Å². The zero-order valence-corrected chi connectivity index (χ0v) is 7.64. The Kier molecular flexibility index (Phi) is 3.18. The zero-order chi connectivity index (χ0) is 10.1. The molecule has 5 heteroatoms. The van der Waals surface area contributed by atoms with Gasteiger partial charge in [0.15, 0.2) is 0 Å². The van der Waals surface area contributed by atoms with Crippen LogP contribution in [0.4, 0.5) is 13.2 Å². The Morgan fingerprint density at radius 2 is 1.77 bits per heavy atom. The van der Waals surface area contributed by atoms with Crippen LogP contribution in [0.3, 0.4) is 0 Å². The van der Waals surface area contributed by atoms with Crippen LogP contribution in [-0.4, -0.2) is 37.3 Å². The van der Waals surface area contributed by atoms with E-state index >= 15 is 0 Å². The minimum Gasteiger partial charge on any atom is -0.320 e. The average molecular weight is 196 g/mol. The monoisotopic (exact) mass is 196 g/mol. The van der Waals surface area contributed by atoms with Gasteiger partial charge in [0, 0.05) is 0 Å². The van der Waals surface area contributed by atoms with E-state index in [0.29, 0.717) is 25.9 Å². The second-order valence-electron chi connectivity index (χ2n) is 3.71. The Labute approximate surface area is 75.9 Å². The summed E-state index contributed by atoms with van der Waals surface area (Å²) in [6.45, 7) is 1.43. The highest BCUT2D eigenvalue weighted by atomic mass is 19.4. The average Bonchev–Trinajstić information content (AvgIpc) is 2.03. The van der Waals surface area contributed by atoms with Crippen LogP contribution < -0.4 is 5.73 Å². The number of rotatable bonds is 1. The van der Waals surface area contributed by atoms with Gasteiger partial charge in [-0.1, -0.05) is 0 Å². The number of nitrogens with zero attached hydrogens (tertiary/aromatic N) is 1. The Morgan fingerprint density at radius 3 is 2.15 bits per heavy atom. The number of likely N-dealkylation sites (tertiary alicyclic amines) is 1. The minimum absolute atomic E-state index is 0.392. The molecule has 0 aromatic carbocycles. The summed E-state index contributed by atoms with van der Waals surface area (Å²) in [5.41, 5.74) is 5.13. The van der Waals surface area contributed by atoms with E-state index in [-0.39, 0.29) is 0 Å². The molecule has 0 aromatic rings. The summed E-state index contributed by atoms with van der Waals surface area (Å²) in [6, 6.07) is -1.64. The molecule has 0 radical (unpaired) electrons. The van der Waals surface area contributed by atoms with Crippen molar-refractivity contribution < 1.29 is 13.2 Å². The molecule has 2 N–H and O–H groups in total. The van der Waals surface area contributed by atoms with Crippen LogP contribution in [0.2, 0.25) is 0 Å². The molecule has 1 heterocycles. The van der Waals surface area contributed by atoms with E-state index in [9.17, 15) is 13.2 Å². The van der Waals surface area contributed by atoms with Gasteiger partial charge in [-0.25, -0.2) is 0 Å². The van der Waals surface area contributed by atoms with Crippen molar-refractivity contribution in [2.75, 3.05) is 20.1 Å². The fourth-order valence-corrected chi connectivity index (χ4v) is 1.65. The molecule has 1 unspecified atom stereocenters. The summed E-state index contributed by atoms with van der Waals surface area (Å²) in [5, 5.41) is 0. The van der Waals surface area contributed by atoms with Crippen molar-refractivity contribution in [3.05, 3.63) is 0 Å². The first-order chi connectivity index (χ1) is 5.91. The molecule has 1 atom stereocenters. The summed E-state index contributed by atoms with van der Waals surface area (Å²) < 4.78 is 36.6. The van der Waals surface area contributed by atoms with Gasteiger partial charge in [-0.2, -0.15) is 13.2 Å². The topological polar surface area (TPSA) is 29.3 Å². The van der Waals surface area contributed by atoms with Gasteiger partial charge < -0.3 is 10.6 Å². The van der Waals surface area contributed by atoms with Gasteiger partial charge in [0.2, 0.25) is 0 Å². The van der Waals surface area contributed by atoms with Crippen LogP contribution in [0.25, 0.3) is 0 Å². The molecule has 0 aromatic heterocycles. The third-order valence-electron chi connectivity index (χ3n) is 2.65. The number of halogens is 3. The zero-order valence-electron chi connectivity index (χ0n) is 7.64. The quantitative estimate of drug-likeness (QED) is 0.683. The third-order valence-corrected chi connectivity index (χ3v) is 2.65. The standard InChI is InChI=1S/C8H15F3N2/c1-13-4-2-6(3-5-13)7(12)8(9,10)11/h6-7H,2-5,12H2,1H3. The molecular weight excluding hydrogens is 181 g/mol. The number of piperidine rings is 1. The molecule has 0 aliphatic carbocycles. The molecule has 1 aliphatic rings. The van der Waals surface area contributed by atoms with Crippen molar-refractivity contribution in [3.63, 3.8) is 0 Å². The minimum atomic E-state index is -4.24. The van der Waals surface area contributed by atoms with Gasteiger partial charge in [0.25, 0.3) is 0 Å². The van der Waals surface area contributed by atoms with E-state index in [1.165, 1.54) is 0 Å². The molecular formula is C8H15F3N2. The Balaban J connectivity index is 2.45. The van der Waals surface area contributed by atoms with Crippen LogP contribution in [-0.2, 0) is 0 Å². The predicted octanol–water partition coefficient (Wildman–Crippen LogP) is 1.22. The second-order valence-corrected chi connectivity index (χ2v) is 3.71. The number of hydrogen-bond donors (Lipinski definition) is 1. The fourth-order valence-electron chi connectivity index (χ4n) is 1.65. The first-order valence-corrected chi connectivity index (χ1v) is 4.42. The first-order valence-electron chi connectivity index (χ1n) is 4.42. The van der Waals surface area contributed by atoms with Crippen LogP contribution in [0.1, 0.15) is 12.8 Å². The van der Waals surface area contributed by atoms with Gasteiger partial charge in [-0.15, -0.1) is 0 Å². The summed E-state index contributed by atoms with van der Waals surface area (Å²) in [6.07, 6.45) is -3.13. The van der Waals surface area contributed by atoms with E-state index in [2.05, 4.69) is 0 Å². The summed E-state index contributed by atoms with van der Waals surface area (Å²) >= 11 is 0. The predicted molar refractivity (Wildman–Crippen MR) is 44.3 cm³/mol. The first kappa shape index (κ1) is 10.8.